The van der Waals surface area contributed by atoms with Crippen molar-refractivity contribution in [2.24, 2.45) is 4.99 Å². The molecule has 1 heterocycles. The number of hydrogen-bond donors (Lipinski definition) is 2. The Balaban J connectivity index is 0.00000676. The third-order valence-corrected chi connectivity index (χ3v) is 6.90. The van der Waals surface area contributed by atoms with Crippen LogP contribution in [0.3, 0.4) is 0 Å². The van der Waals surface area contributed by atoms with Gasteiger partial charge in [-0.1, -0.05) is 0 Å². The van der Waals surface area contributed by atoms with E-state index in [4.69, 9.17) is 0 Å². The zero-order valence-electron chi connectivity index (χ0n) is 17.4. The number of sulfone groups is 1. The summed E-state index contributed by atoms with van der Waals surface area (Å²) in [5, 5.41) is 6.05. The van der Waals surface area contributed by atoms with Gasteiger partial charge in [0.15, 0.2) is 15.8 Å². The van der Waals surface area contributed by atoms with Gasteiger partial charge in [-0.3, -0.25) is 14.7 Å². The number of nitrogens with zero attached hydrogens (tertiary/aromatic N) is 3. The van der Waals surface area contributed by atoms with Crippen molar-refractivity contribution in [3.63, 3.8) is 0 Å². The quantitative estimate of drug-likeness (QED) is 0.304. The number of aliphatic imine (C=N–C) groups is 1. The van der Waals surface area contributed by atoms with Gasteiger partial charge < -0.3 is 15.5 Å². The molecule has 0 bridgehead atoms. The summed E-state index contributed by atoms with van der Waals surface area (Å²) in [6, 6.07) is 0.149. The fourth-order valence-corrected chi connectivity index (χ4v) is 3.61. The first-order valence-corrected chi connectivity index (χ1v) is 10.8. The van der Waals surface area contributed by atoms with E-state index in [1.807, 2.05) is 13.8 Å². The molecule has 27 heavy (non-hydrogen) atoms. The number of amides is 1. The highest BCUT2D eigenvalue weighted by Gasteiger charge is 2.28. The third kappa shape index (κ3) is 8.95. The largest absolute Gasteiger partial charge is 0.355 e. The predicted molar refractivity (Wildman–Crippen MR) is 122 cm³/mol. The maximum atomic E-state index is 12.2. The second-order valence-corrected chi connectivity index (χ2v) is 10.8. The van der Waals surface area contributed by atoms with E-state index in [9.17, 15) is 13.2 Å². The molecule has 1 fully saturated rings. The van der Waals surface area contributed by atoms with Gasteiger partial charge in [-0.05, 0) is 34.6 Å². The molecule has 1 aliphatic heterocycles. The molecule has 160 valence electrons. The van der Waals surface area contributed by atoms with Crippen LogP contribution in [0.5, 0.6) is 0 Å². The monoisotopic (exact) mass is 517 g/mol. The molecule has 0 atom stereocenters. The Hall–Kier alpha value is -0.620. The summed E-state index contributed by atoms with van der Waals surface area (Å²) < 4.78 is 23.6. The van der Waals surface area contributed by atoms with Crippen molar-refractivity contribution in [1.29, 1.82) is 0 Å². The van der Waals surface area contributed by atoms with Gasteiger partial charge in [-0.15, -0.1) is 24.0 Å². The summed E-state index contributed by atoms with van der Waals surface area (Å²) in [5.41, 5.74) is 0. The van der Waals surface area contributed by atoms with Crippen LogP contribution in [-0.2, 0) is 14.6 Å². The van der Waals surface area contributed by atoms with Crippen LogP contribution in [0.25, 0.3) is 0 Å². The van der Waals surface area contributed by atoms with Gasteiger partial charge in [-0.2, -0.15) is 0 Å². The molecule has 0 unspecified atom stereocenters. The SMILES string of the molecule is CN=C(NCCS(=O)(=O)C(C)(C)C)N1CCN(CC(=O)NC(C)C)CC1.I. The van der Waals surface area contributed by atoms with E-state index in [-0.39, 0.29) is 41.7 Å². The fourth-order valence-electron chi connectivity index (χ4n) is 2.62. The fraction of sp³-hybridized carbons (Fsp3) is 0.882. The maximum Gasteiger partial charge on any atom is 0.234 e. The normalized spacial score (nSPS) is 16.9. The summed E-state index contributed by atoms with van der Waals surface area (Å²) in [6.45, 7) is 12.8. The minimum Gasteiger partial charge on any atom is -0.355 e. The summed E-state index contributed by atoms with van der Waals surface area (Å²) in [4.78, 5) is 20.3. The van der Waals surface area contributed by atoms with Crippen molar-refractivity contribution in [1.82, 2.24) is 20.4 Å². The summed E-state index contributed by atoms with van der Waals surface area (Å²) in [5.74, 6) is 0.828. The topological polar surface area (TPSA) is 94.1 Å². The molecule has 0 spiro atoms. The minimum atomic E-state index is -3.15. The maximum absolute atomic E-state index is 12.2. The second-order valence-electron chi connectivity index (χ2n) is 7.89. The van der Waals surface area contributed by atoms with E-state index in [2.05, 4.69) is 25.4 Å². The first-order chi connectivity index (χ1) is 12.0. The number of hydrogen-bond acceptors (Lipinski definition) is 5. The molecule has 10 heteroatoms. The van der Waals surface area contributed by atoms with E-state index in [0.717, 1.165) is 26.2 Å². The van der Waals surface area contributed by atoms with E-state index in [1.54, 1.807) is 27.8 Å². The van der Waals surface area contributed by atoms with Gasteiger partial charge in [0.25, 0.3) is 0 Å². The molecule has 2 N–H and O–H groups in total. The Morgan fingerprint density at radius 2 is 1.70 bits per heavy atom. The van der Waals surface area contributed by atoms with Crippen molar-refractivity contribution in [2.75, 3.05) is 52.1 Å². The Labute approximate surface area is 181 Å². The highest BCUT2D eigenvalue weighted by Crippen LogP contribution is 2.15. The number of carbonyl (C=O) groups excluding carboxylic acids is 1. The lowest BCUT2D eigenvalue weighted by Crippen LogP contribution is -2.54. The standard InChI is InChI=1S/C17H35N5O3S.HI/c1-14(2)20-15(23)13-21-8-10-22(11-9-21)16(18-6)19-7-12-26(24,25)17(3,4)5;/h14H,7-13H2,1-6H3,(H,18,19)(H,20,23);1H. The number of guanidine groups is 1. The lowest BCUT2D eigenvalue weighted by molar-refractivity contribution is -0.123. The third-order valence-electron chi connectivity index (χ3n) is 4.29. The number of piperazine rings is 1. The Morgan fingerprint density at radius 1 is 1.15 bits per heavy atom. The lowest BCUT2D eigenvalue weighted by Gasteiger charge is -2.36. The number of carbonyl (C=O) groups is 1. The molecule has 1 amide bonds. The van der Waals surface area contributed by atoms with Crippen LogP contribution in [-0.4, -0.2) is 92.9 Å². The first kappa shape index (κ1) is 26.4. The second kappa shape index (κ2) is 11.4. The lowest BCUT2D eigenvalue weighted by atomic mass is 10.3. The minimum absolute atomic E-state index is 0. The first-order valence-electron chi connectivity index (χ1n) is 9.16. The van der Waals surface area contributed by atoms with Crippen LogP contribution in [0, 0.1) is 0 Å². The molecule has 1 rings (SSSR count). The van der Waals surface area contributed by atoms with Crippen molar-refractivity contribution < 1.29 is 13.2 Å². The van der Waals surface area contributed by atoms with Crippen molar-refractivity contribution >= 4 is 45.7 Å². The average Bonchev–Trinajstić information content (AvgIpc) is 2.50. The predicted octanol–water partition coefficient (Wildman–Crippen LogP) is 0.535. The molecule has 0 aliphatic carbocycles. The number of rotatable bonds is 6. The molecule has 0 aromatic heterocycles. The van der Waals surface area contributed by atoms with Crippen LogP contribution in [0.15, 0.2) is 4.99 Å². The van der Waals surface area contributed by atoms with Gasteiger partial charge in [0, 0.05) is 45.8 Å². The van der Waals surface area contributed by atoms with Crippen LogP contribution in [0.1, 0.15) is 34.6 Å². The highest BCUT2D eigenvalue weighted by atomic mass is 127. The molecular weight excluding hydrogens is 481 g/mol. The van der Waals surface area contributed by atoms with E-state index in [0.29, 0.717) is 19.0 Å². The Morgan fingerprint density at radius 3 is 2.15 bits per heavy atom. The molecule has 8 nitrogen and oxygen atoms in total. The molecule has 0 aromatic rings. The van der Waals surface area contributed by atoms with Gasteiger partial charge in [0.05, 0.1) is 17.0 Å². The van der Waals surface area contributed by atoms with E-state index >= 15 is 0 Å². The van der Waals surface area contributed by atoms with Crippen LogP contribution in [0.2, 0.25) is 0 Å². The van der Waals surface area contributed by atoms with Gasteiger partial charge in [0.2, 0.25) is 5.91 Å². The Bertz CT molecular complexity index is 594. The van der Waals surface area contributed by atoms with Gasteiger partial charge in [0.1, 0.15) is 0 Å². The highest BCUT2D eigenvalue weighted by molar-refractivity contribution is 14.0. The van der Waals surface area contributed by atoms with Crippen molar-refractivity contribution in [3.05, 3.63) is 0 Å². The number of nitrogens with one attached hydrogen (secondary N) is 2. The molecule has 1 saturated heterocycles. The molecule has 0 aromatic carbocycles. The average molecular weight is 517 g/mol. The van der Waals surface area contributed by atoms with Gasteiger partial charge in [-0.25, -0.2) is 8.42 Å². The number of halogens is 1. The molecule has 0 saturated carbocycles. The Kier molecular flexibility index (Phi) is 11.1. The zero-order chi connectivity index (χ0) is 20.0. The molecule has 0 radical (unpaired) electrons. The zero-order valence-corrected chi connectivity index (χ0v) is 20.6. The van der Waals surface area contributed by atoms with Crippen molar-refractivity contribution in [3.8, 4) is 0 Å². The molecule has 1 aliphatic rings. The van der Waals surface area contributed by atoms with E-state index < -0.39 is 14.6 Å². The van der Waals surface area contributed by atoms with E-state index in [1.165, 1.54) is 0 Å². The van der Waals surface area contributed by atoms with Gasteiger partial charge >= 0.3 is 0 Å². The smallest absolute Gasteiger partial charge is 0.234 e. The summed E-state index contributed by atoms with van der Waals surface area (Å²) in [6.07, 6.45) is 0. The molecular formula is C17H36IN5O3S. The summed E-state index contributed by atoms with van der Waals surface area (Å²) >= 11 is 0. The summed E-state index contributed by atoms with van der Waals surface area (Å²) in [7, 11) is -1.46. The van der Waals surface area contributed by atoms with Crippen LogP contribution in [0.4, 0.5) is 0 Å². The van der Waals surface area contributed by atoms with Crippen molar-refractivity contribution in [2.45, 2.75) is 45.4 Å². The van der Waals surface area contributed by atoms with Crippen LogP contribution >= 0.6 is 24.0 Å². The van der Waals surface area contributed by atoms with Crippen LogP contribution < -0.4 is 10.6 Å².